The van der Waals surface area contributed by atoms with E-state index in [4.69, 9.17) is 0 Å². The summed E-state index contributed by atoms with van der Waals surface area (Å²) in [7, 11) is 0. The Morgan fingerprint density at radius 1 is 1.26 bits per heavy atom. The first-order valence-electron chi connectivity index (χ1n) is 7.52. The van der Waals surface area contributed by atoms with Crippen molar-refractivity contribution >= 4 is 5.78 Å². The van der Waals surface area contributed by atoms with Crippen LogP contribution >= 0.6 is 0 Å². The zero-order valence-electron chi connectivity index (χ0n) is 12.2. The van der Waals surface area contributed by atoms with Gasteiger partial charge in [0, 0.05) is 17.9 Å². The summed E-state index contributed by atoms with van der Waals surface area (Å²) < 4.78 is 27.8. The Bertz CT molecular complexity index is 943. The van der Waals surface area contributed by atoms with Gasteiger partial charge >= 0.3 is 0 Å². The molecule has 5 nitrogen and oxygen atoms in total. The van der Waals surface area contributed by atoms with Crippen LogP contribution in [0.4, 0.5) is 8.78 Å². The summed E-state index contributed by atoms with van der Waals surface area (Å²) in [6.45, 7) is 0. The second-order valence-corrected chi connectivity index (χ2v) is 5.86. The van der Waals surface area contributed by atoms with Crippen LogP contribution in [0.3, 0.4) is 0 Å². The Morgan fingerprint density at radius 3 is 2.78 bits per heavy atom. The minimum Gasteiger partial charge on any atom is -0.278 e. The minimum atomic E-state index is -0.914. The molecule has 0 unspecified atom stereocenters. The van der Waals surface area contributed by atoms with Crippen molar-refractivity contribution in [2.24, 2.45) is 0 Å². The van der Waals surface area contributed by atoms with Crippen LogP contribution in [-0.4, -0.2) is 19.6 Å². The van der Waals surface area contributed by atoms with E-state index >= 15 is 0 Å². The number of hydrogen-bond acceptors (Lipinski definition) is 3. The van der Waals surface area contributed by atoms with Crippen molar-refractivity contribution < 1.29 is 8.78 Å². The molecule has 3 aromatic rings. The average Bonchev–Trinajstić information content (AvgIpc) is 2.93. The number of fused-ring (bicyclic) bond motifs is 1. The molecule has 0 radical (unpaired) electrons. The van der Waals surface area contributed by atoms with E-state index in [0.29, 0.717) is 16.9 Å². The molecule has 0 atom stereocenters. The first kappa shape index (κ1) is 14.0. The van der Waals surface area contributed by atoms with E-state index in [1.807, 2.05) is 0 Å². The van der Waals surface area contributed by atoms with E-state index in [-0.39, 0.29) is 17.9 Å². The molecule has 0 amide bonds. The molecule has 1 aliphatic rings. The van der Waals surface area contributed by atoms with Crippen LogP contribution in [0.1, 0.15) is 42.0 Å². The molecule has 2 aromatic heterocycles. The number of hydrogen-bond donors (Lipinski definition) is 1. The molecule has 0 saturated heterocycles. The Labute approximate surface area is 130 Å². The fraction of sp³-hybridized carbons (Fsp3) is 0.312. The molecule has 1 fully saturated rings. The lowest BCUT2D eigenvalue weighted by Gasteiger charge is -2.26. The lowest BCUT2D eigenvalue weighted by molar-refractivity contribution is 0.408. The molecular formula is C16H14F2N4O. The van der Waals surface area contributed by atoms with Crippen LogP contribution < -0.4 is 5.56 Å². The van der Waals surface area contributed by atoms with Gasteiger partial charge in [-0.3, -0.25) is 9.89 Å². The van der Waals surface area contributed by atoms with Crippen molar-refractivity contribution in [1.82, 2.24) is 19.6 Å². The van der Waals surface area contributed by atoms with Crippen LogP contribution in [0.25, 0.3) is 5.78 Å². The Morgan fingerprint density at radius 2 is 2.09 bits per heavy atom. The van der Waals surface area contributed by atoms with Gasteiger partial charge in [-0.2, -0.15) is 4.52 Å². The van der Waals surface area contributed by atoms with Crippen LogP contribution in [-0.2, 0) is 6.42 Å². The van der Waals surface area contributed by atoms with Crippen molar-refractivity contribution in [2.45, 2.75) is 31.6 Å². The number of nitrogens with zero attached hydrogens (tertiary/aromatic N) is 3. The lowest BCUT2D eigenvalue weighted by atomic mass is 9.80. The number of aromatic amines is 1. The summed E-state index contributed by atoms with van der Waals surface area (Å²) in [6.07, 6.45) is 4.71. The van der Waals surface area contributed by atoms with Crippen LogP contribution in [0.5, 0.6) is 0 Å². The maximum absolute atomic E-state index is 13.4. The molecule has 0 bridgehead atoms. The van der Waals surface area contributed by atoms with Crippen LogP contribution in [0.15, 0.2) is 29.3 Å². The average molecular weight is 316 g/mol. The third kappa shape index (κ3) is 2.32. The summed E-state index contributed by atoms with van der Waals surface area (Å²) in [4.78, 5) is 21.2. The van der Waals surface area contributed by atoms with Crippen molar-refractivity contribution in [3.63, 3.8) is 0 Å². The van der Waals surface area contributed by atoms with Crippen LogP contribution in [0, 0.1) is 11.6 Å². The second-order valence-electron chi connectivity index (χ2n) is 5.86. The molecule has 118 valence electrons. The number of rotatable bonds is 3. The first-order valence-corrected chi connectivity index (χ1v) is 7.52. The third-order valence-electron chi connectivity index (χ3n) is 4.41. The Kier molecular flexibility index (Phi) is 3.21. The zero-order valence-corrected chi connectivity index (χ0v) is 12.2. The Hall–Kier alpha value is -2.57. The molecule has 23 heavy (non-hydrogen) atoms. The van der Waals surface area contributed by atoms with Crippen LogP contribution in [0.2, 0.25) is 0 Å². The first-order chi connectivity index (χ1) is 11.1. The van der Waals surface area contributed by atoms with E-state index in [0.717, 1.165) is 37.1 Å². The van der Waals surface area contributed by atoms with Gasteiger partial charge in [-0.25, -0.2) is 18.7 Å². The molecule has 1 saturated carbocycles. The van der Waals surface area contributed by atoms with Gasteiger partial charge in [-0.1, -0.05) is 12.5 Å². The SMILES string of the molecule is O=c1c(Cc2ccc(F)c(F)c2)c(C2CCC2)nc2nc[nH]n12. The lowest BCUT2D eigenvalue weighted by Crippen LogP contribution is -2.26. The highest BCUT2D eigenvalue weighted by Gasteiger charge is 2.27. The molecule has 0 spiro atoms. The highest BCUT2D eigenvalue weighted by molar-refractivity contribution is 5.37. The molecule has 1 aliphatic carbocycles. The van der Waals surface area contributed by atoms with Crippen molar-refractivity contribution in [1.29, 1.82) is 0 Å². The number of aromatic nitrogens is 4. The van der Waals surface area contributed by atoms with Gasteiger partial charge in [0.05, 0.1) is 5.69 Å². The van der Waals surface area contributed by atoms with Gasteiger partial charge in [-0.15, -0.1) is 0 Å². The summed E-state index contributed by atoms with van der Waals surface area (Å²) >= 11 is 0. The minimum absolute atomic E-state index is 0.219. The predicted octanol–water partition coefficient (Wildman–Crippen LogP) is 2.55. The summed E-state index contributed by atoms with van der Waals surface area (Å²) in [6, 6.07) is 3.69. The number of nitrogens with one attached hydrogen (secondary N) is 1. The van der Waals surface area contributed by atoms with E-state index < -0.39 is 11.6 Å². The summed E-state index contributed by atoms with van der Waals surface area (Å²) in [5.74, 6) is -1.23. The topological polar surface area (TPSA) is 63.0 Å². The zero-order chi connectivity index (χ0) is 16.0. The maximum atomic E-state index is 13.4. The Balaban J connectivity index is 1.84. The quantitative estimate of drug-likeness (QED) is 0.808. The van der Waals surface area contributed by atoms with E-state index in [2.05, 4.69) is 15.1 Å². The highest BCUT2D eigenvalue weighted by atomic mass is 19.2. The fourth-order valence-corrected chi connectivity index (χ4v) is 2.95. The van der Waals surface area contributed by atoms with E-state index in [9.17, 15) is 13.6 Å². The van der Waals surface area contributed by atoms with Gasteiger partial charge in [0.25, 0.3) is 11.3 Å². The second kappa shape index (κ2) is 5.26. The van der Waals surface area contributed by atoms with Crippen molar-refractivity contribution in [3.05, 3.63) is 63.3 Å². The fourth-order valence-electron chi connectivity index (χ4n) is 2.95. The number of benzene rings is 1. The summed E-state index contributed by atoms with van der Waals surface area (Å²) in [5.41, 5.74) is 1.56. The largest absolute Gasteiger partial charge is 0.278 e. The van der Waals surface area contributed by atoms with Gasteiger partial charge in [-0.05, 0) is 30.5 Å². The smallest absolute Gasteiger partial charge is 0.277 e. The van der Waals surface area contributed by atoms with Gasteiger partial charge in [0.2, 0.25) is 0 Å². The number of halogens is 2. The van der Waals surface area contributed by atoms with Crippen molar-refractivity contribution in [3.8, 4) is 0 Å². The number of H-pyrrole nitrogens is 1. The molecule has 4 rings (SSSR count). The highest BCUT2D eigenvalue weighted by Crippen LogP contribution is 2.36. The van der Waals surface area contributed by atoms with E-state index in [1.54, 1.807) is 0 Å². The molecule has 7 heteroatoms. The molecule has 1 N–H and O–H groups in total. The van der Waals surface area contributed by atoms with E-state index in [1.165, 1.54) is 16.9 Å². The third-order valence-corrected chi connectivity index (χ3v) is 4.41. The monoisotopic (exact) mass is 316 g/mol. The van der Waals surface area contributed by atoms with Crippen molar-refractivity contribution in [2.75, 3.05) is 0 Å². The maximum Gasteiger partial charge on any atom is 0.277 e. The molecule has 2 heterocycles. The van der Waals surface area contributed by atoms with Gasteiger partial charge < -0.3 is 0 Å². The molecular weight excluding hydrogens is 302 g/mol. The normalized spacial score (nSPS) is 15.0. The van der Waals surface area contributed by atoms with Gasteiger partial charge in [0.15, 0.2) is 11.6 Å². The van der Waals surface area contributed by atoms with Gasteiger partial charge in [0.1, 0.15) is 6.33 Å². The standard InChI is InChI=1S/C16H14F2N4O/c17-12-5-4-9(7-13(12)18)6-11-14(10-2-1-3-10)21-16-19-8-20-22(16)15(11)23/h4-5,7-8,10H,1-3,6H2,(H,19,20,21). The predicted molar refractivity (Wildman–Crippen MR) is 79.4 cm³/mol. The molecule has 0 aliphatic heterocycles. The molecule has 1 aromatic carbocycles. The summed E-state index contributed by atoms with van der Waals surface area (Å²) in [5, 5.41) is 2.73.